The van der Waals surface area contributed by atoms with Gasteiger partial charge in [0.2, 0.25) is 0 Å². The summed E-state index contributed by atoms with van der Waals surface area (Å²) >= 11 is 0. The van der Waals surface area contributed by atoms with Crippen molar-refractivity contribution in [2.24, 2.45) is 7.05 Å². The van der Waals surface area contributed by atoms with E-state index in [9.17, 15) is 4.79 Å². The van der Waals surface area contributed by atoms with Gasteiger partial charge in [0.25, 0.3) is 0 Å². The molecule has 0 fully saturated rings. The van der Waals surface area contributed by atoms with Crippen LogP contribution in [-0.2, 0) is 7.05 Å². The van der Waals surface area contributed by atoms with E-state index in [2.05, 4.69) is 33.0 Å². The molecule has 2 aromatic heterocycles. The fourth-order valence-electron chi connectivity index (χ4n) is 2.78. The van der Waals surface area contributed by atoms with Crippen LogP contribution >= 0.6 is 0 Å². The second-order valence-electron chi connectivity index (χ2n) is 5.34. The fourth-order valence-corrected chi connectivity index (χ4v) is 2.78. The number of nitrogens with zero attached hydrogens (tertiary/aromatic N) is 2. The molecule has 0 aliphatic heterocycles. The Labute approximate surface area is 125 Å². The van der Waals surface area contributed by atoms with E-state index in [4.69, 9.17) is 5.11 Å². The van der Waals surface area contributed by atoms with E-state index in [0.717, 1.165) is 27.7 Å². The summed E-state index contributed by atoms with van der Waals surface area (Å²) in [5.41, 5.74) is 3.94. The highest BCUT2D eigenvalue weighted by Gasteiger charge is 2.12. The number of aromatic carboxylic acids is 1. The van der Waals surface area contributed by atoms with Gasteiger partial charge in [-0.15, -0.1) is 0 Å². The number of carbonyl (C=O) groups is 1. The largest absolute Gasteiger partial charge is 0.478 e. The second-order valence-corrected chi connectivity index (χ2v) is 5.34. The Kier molecular flexibility index (Phi) is 2.56. The van der Waals surface area contributed by atoms with Crippen molar-refractivity contribution < 1.29 is 9.90 Å². The van der Waals surface area contributed by atoms with Gasteiger partial charge in [-0.25, -0.2) is 4.79 Å². The van der Waals surface area contributed by atoms with Gasteiger partial charge in [0, 0.05) is 29.7 Å². The van der Waals surface area contributed by atoms with Gasteiger partial charge >= 0.3 is 5.97 Å². The summed E-state index contributed by atoms with van der Waals surface area (Å²) in [6, 6.07) is 13.3. The average molecular weight is 291 g/mol. The number of aryl methyl sites for hydroxylation is 1. The number of aromatic amines is 1. The summed E-state index contributed by atoms with van der Waals surface area (Å²) in [5.74, 6) is -0.941. The quantitative estimate of drug-likeness (QED) is 0.594. The first kappa shape index (κ1) is 12.6. The minimum Gasteiger partial charge on any atom is -0.478 e. The molecule has 0 saturated carbocycles. The molecule has 0 aliphatic rings. The third-order valence-electron chi connectivity index (χ3n) is 3.97. The number of fused-ring (bicyclic) bond motifs is 2. The molecule has 5 heteroatoms. The van der Waals surface area contributed by atoms with Gasteiger partial charge in [0.05, 0.1) is 16.8 Å². The molecular formula is C17H13N3O2. The van der Waals surface area contributed by atoms with Crippen LogP contribution in [0.5, 0.6) is 0 Å². The first-order valence-corrected chi connectivity index (χ1v) is 6.90. The van der Waals surface area contributed by atoms with Crippen LogP contribution in [0.1, 0.15) is 10.4 Å². The van der Waals surface area contributed by atoms with Crippen LogP contribution in [0.15, 0.2) is 48.7 Å². The van der Waals surface area contributed by atoms with Crippen LogP contribution in [0.25, 0.3) is 33.1 Å². The van der Waals surface area contributed by atoms with E-state index < -0.39 is 5.97 Å². The van der Waals surface area contributed by atoms with E-state index >= 15 is 0 Å². The lowest BCUT2D eigenvalue weighted by Gasteiger charge is -2.01. The van der Waals surface area contributed by atoms with Crippen LogP contribution < -0.4 is 0 Å². The molecule has 2 heterocycles. The zero-order valence-corrected chi connectivity index (χ0v) is 11.9. The molecule has 5 nitrogen and oxygen atoms in total. The Morgan fingerprint density at radius 1 is 1.18 bits per heavy atom. The van der Waals surface area contributed by atoms with Crippen molar-refractivity contribution >= 4 is 27.8 Å². The second kappa shape index (κ2) is 4.46. The van der Waals surface area contributed by atoms with Crippen molar-refractivity contribution in [1.29, 1.82) is 0 Å². The minimum absolute atomic E-state index is 0.251. The highest BCUT2D eigenvalue weighted by atomic mass is 16.4. The van der Waals surface area contributed by atoms with E-state index in [1.54, 1.807) is 18.2 Å². The molecule has 22 heavy (non-hydrogen) atoms. The number of nitrogens with one attached hydrogen (secondary N) is 1. The lowest BCUT2D eigenvalue weighted by atomic mass is 10.0. The number of hydrogen-bond donors (Lipinski definition) is 2. The van der Waals surface area contributed by atoms with E-state index in [0.29, 0.717) is 0 Å². The SMILES string of the molecule is Cn1ccc2ccc(-c3n[nH]c4cc(C(=O)O)ccc34)cc21. The van der Waals surface area contributed by atoms with Crippen molar-refractivity contribution in [1.82, 2.24) is 14.8 Å². The minimum atomic E-state index is -0.941. The van der Waals surface area contributed by atoms with Gasteiger partial charge < -0.3 is 9.67 Å². The maximum Gasteiger partial charge on any atom is 0.335 e. The zero-order chi connectivity index (χ0) is 15.3. The zero-order valence-electron chi connectivity index (χ0n) is 11.9. The Hall–Kier alpha value is -3.08. The number of hydrogen-bond acceptors (Lipinski definition) is 2. The number of benzene rings is 2. The van der Waals surface area contributed by atoms with Gasteiger partial charge in [0.15, 0.2) is 0 Å². The van der Waals surface area contributed by atoms with E-state index in [1.165, 1.54) is 5.39 Å². The van der Waals surface area contributed by atoms with E-state index in [1.807, 2.05) is 19.3 Å². The summed E-state index contributed by atoms with van der Waals surface area (Å²) in [7, 11) is 2.01. The molecule has 0 unspecified atom stereocenters. The predicted octanol–water partition coefficient (Wildman–Crippen LogP) is 3.42. The van der Waals surface area contributed by atoms with Crippen molar-refractivity contribution in [3.63, 3.8) is 0 Å². The molecule has 2 N–H and O–H groups in total. The predicted molar refractivity (Wildman–Crippen MR) is 85.0 cm³/mol. The maximum atomic E-state index is 11.0. The number of aromatic nitrogens is 3. The van der Waals surface area contributed by atoms with Crippen LogP contribution in [0.2, 0.25) is 0 Å². The molecule has 0 bridgehead atoms. The number of carboxylic acid groups (broad SMARTS) is 1. The average Bonchev–Trinajstić information content (AvgIpc) is 3.10. The molecule has 4 rings (SSSR count). The fraction of sp³-hybridized carbons (Fsp3) is 0.0588. The van der Waals surface area contributed by atoms with Crippen molar-refractivity contribution in [3.05, 3.63) is 54.2 Å². The van der Waals surface area contributed by atoms with E-state index in [-0.39, 0.29) is 5.56 Å². The molecule has 0 amide bonds. The van der Waals surface area contributed by atoms with Gasteiger partial charge in [-0.05, 0) is 35.7 Å². The monoisotopic (exact) mass is 291 g/mol. The molecule has 2 aromatic carbocycles. The molecule has 0 atom stereocenters. The topological polar surface area (TPSA) is 70.9 Å². The van der Waals surface area contributed by atoms with Crippen LogP contribution in [0.4, 0.5) is 0 Å². The summed E-state index contributed by atoms with van der Waals surface area (Å²) in [4.78, 5) is 11.0. The lowest BCUT2D eigenvalue weighted by Crippen LogP contribution is -1.94. The third kappa shape index (κ3) is 1.79. The molecule has 4 aromatic rings. The standard InChI is InChI=1S/C17H13N3O2/c1-20-7-6-10-2-3-11(9-15(10)20)16-13-5-4-12(17(21)22)8-14(13)18-19-16/h2-9H,1H3,(H,18,19)(H,21,22). The van der Waals surface area contributed by atoms with Crippen LogP contribution in [-0.4, -0.2) is 25.8 Å². The number of carboxylic acids is 1. The molecular weight excluding hydrogens is 278 g/mol. The highest BCUT2D eigenvalue weighted by molar-refractivity contribution is 5.99. The first-order chi connectivity index (χ1) is 10.6. The molecule has 0 spiro atoms. The third-order valence-corrected chi connectivity index (χ3v) is 3.97. The van der Waals surface area contributed by atoms with Gasteiger partial charge in [0.1, 0.15) is 0 Å². The van der Waals surface area contributed by atoms with Crippen LogP contribution in [0, 0.1) is 0 Å². The van der Waals surface area contributed by atoms with Gasteiger partial charge in [-0.2, -0.15) is 5.10 Å². The molecule has 0 aliphatic carbocycles. The van der Waals surface area contributed by atoms with Crippen LogP contribution in [0.3, 0.4) is 0 Å². The molecule has 0 saturated heterocycles. The Balaban J connectivity index is 1.92. The summed E-state index contributed by atoms with van der Waals surface area (Å²) < 4.78 is 2.07. The summed E-state index contributed by atoms with van der Waals surface area (Å²) in [6.07, 6.45) is 2.02. The Morgan fingerprint density at radius 3 is 2.86 bits per heavy atom. The Bertz CT molecular complexity index is 1030. The summed E-state index contributed by atoms with van der Waals surface area (Å²) in [6.45, 7) is 0. The van der Waals surface area contributed by atoms with Gasteiger partial charge in [-0.3, -0.25) is 5.10 Å². The first-order valence-electron chi connectivity index (χ1n) is 6.90. The molecule has 0 radical (unpaired) electrons. The van der Waals surface area contributed by atoms with Crippen molar-refractivity contribution in [2.75, 3.05) is 0 Å². The summed E-state index contributed by atoms with van der Waals surface area (Å²) in [5, 5.41) is 18.4. The highest BCUT2D eigenvalue weighted by Crippen LogP contribution is 2.29. The number of H-pyrrole nitrogens is 1. The van der Waals surface area contributed by atoms with Crippen molar-refractivity contribution in [2.45, 2.75) is 0 Å². The lowest BCUT2D eigenvalue weighted by molar-refractivity contribution is 0.0697. The number of rotatable bonds is 2. The molecule has 108 valence electrons. The maximum absolute atomic E-state index is 11.0. The van der Waals surface area contributed by atoms with Crippen molar-refractivity contribution in [3.8, 4) is 11.3 Å². The Morgan fingerprint density at radius 2 is 2.05 bits per heavy atom. The normalized spacial score (nSPS) is 11.3. The smallest absolute Gasteiger partial charge is 0.335 e. The van der Waals surface area contributed by atoms with Gasteiger partial charge in [-0.1, -0.05) is 12.1 Å².